The molecule has 4 heteroatoms. The van der Waals surface area contributed by atoms with Crippen LogP contribution in [-0.4, -0.2) is 25.2 Å². The summed E-state index contributed by atoms with van der Waals surface area (Å²) in [5.74, 6) is 0.419. The van der Waals surface area contributed by atoms with Crippen LogP contribution in [0.1, 0.15) is 39.2 Å². The highest BCUT2D eigenvalue weighted by Crippen LogP contribution is 2.16. The molecule has 1 aromatic carbocycles. The van der Waals surface area contributed by atoms with E-state index in [1.807, 2.05) is 31.2 Å². The van der Waals surface area contributed by atoms with Gasteiger partial charge in [-0.1, -0.05) is 32.4 Å². The maximum absolute atomic E-state index is 11.8. The third-order valence-corrected chi connectivity index (χ3v) is 2.88. The molecule has 1 unspecified atom stereocenters. The van der Waals surface area contributed by atoms with E-state index in [0.717, 1.165) is 19.5 Å². The molecule has 0 saturated carbocycles. The largest absolute Gasteiger partial charge is 0.479 e. The number of carbonyl (C=O) groups excluding carboxylic acids is 1. The monoisotopic (exact) mass is 279 g/mol. The van der Waals surface area contributed by atoms with Gasteiger partial charge in [0.25, 0.3) is 0 Å². The predicted molar refractivity (Wildman–Crippen MR) is 79.8 cm³/mol. The summed E-state index contributed by atoms with van der Waals surface area (Å²) in [5.41, 5.74) is 1.20. The summed E-state index contributed by atoms with van der Waals surface area (Å²) in [6, 6.07) is 7.81. The second-order valence-corrected chi connectivity index (χ2v) is 4.57. The van der Waals surface area contributed by atoms with Gasteiger partial charge >= 0.3 is 5.97 Å². The molecule has 0 bridgehead atoms. The van der Waals surface area contributed by atoms with Crippen LogP contribution < -0.4 is 10.1 Å². The first-order valence-electron chi connectivity index (χ1n) is 7.34. The highest BCUT2D eigenvalue weighted by atomic mass is 16.6. The molecule has 0 aliphatic carbocycles. The van der Waals surface area contributed by atoms with Gasteiger partial charge in [-0.05, 0) is 37.6 Å². The number of benzene rings is 1. The predicted octanol–water partition coefficient (Wildman–Crippen LogP) is 2.91. The summed E-state index contributed by atoms with van der Waals surface area (Å²) in [7, 11) is 0. The van der Waals surface area contributed by atoms with Crippen LogP contribution in [0.4, 0.5) is 0 Å². The zero-order valence-electron chi connectivity index (χ0n) is 12.6. The first-order chi connectivity index (χ1) is 9.71. The molecule has 0 aromatic heterocycles. The normalized spacial score (nSPS) is 11.9. The van der Waals surface area contributed by atoms with Crippen molar-refractivity contribution < 1.29 is 14.3 Å². The van der Waals surface area contributed by atoms with Crippen molar-refractivity contribution >= 4 is 5.97 Å². The van der Waals surface area contributed by atoms with Gasteiger partial charge in [-0.25, -0.2) is 4.79 Å². The van der Waals surface area contributed by atoms with Crippen molar-refractivity contribution in [3.63, 3.8) is 0 Å². The Balaban J connectivity index is 2.61. The standard InChI is InChI=1S/C16H25NO3/c1-4-7-15(16(18)19-6-3)20-14-10-8-13(9-11-14)12-17-5-2/h8-11,15,17H,4-7,12H2,1-3H3. The Hall–Kier alpha value is -1.55. The summed E-state index contributed by atoms with van der Waals surface area (Å²) in [5, 5.41) is 3.27. The number of hydrogen-bond donors (Lipinski definition) is 1. The molecule has 1 atom stereocenters. The molecular formula is C16H25NO3. The Morgan fingerprint density at radius 3 is 2.45 bits per heavy atom. The SMILES string of the molecule is CCCC(Oc1ccc(CNCC)cc1)C(=O)OCC. The van der Waals surface area contributed by atoms with Gasteiger partial charge in [0, 0.05) is 6.54 Å². The molecule has 20 heavy (non-hydrogen) atoms. The van der Waals surface area contributed by atoms with Crippen LogP contribution in [0.3, 0.4) is 0 Å². The lowest BCUT2D eigenvalue weighted by molar-refractivity contribution is -0.151. The fraction of sp³-hybridized carbons (Fsp3) is 0.562. The van der Waals surface area contributed by atoms with Crippen molar-refractivity contribution in [2.75, 3.05) is 13.2 Å². The molecule has 0 heterocycles. The van der Waals surface area contributed by atoms with Gasteiger partial charge in [-0.2, -0.15) is 0 Å². The first kappa shape index (κ1) is 16.5. The first-order valence-corrected chi connectivity index (χ1v) is 7.34. The lowest BCUT2D eigenvalue weighted by Gasteiger charge is -2.17. The third-order valence-electron chi connectivity index (χ3n) is 2.88. The maximum atomic E-state index is 11.8. The van der Waals surface area contributed by atoms with E-state index < -0.39 is 6.10 Å². The van der Waals surface area contributed by atoms with Gasteiger partial charge in [0.05, 0.1) is 6.61 Å². The fourth-order valence-electron chi connectivity index (χ4n) is 1.84. The van der Waals surface area contributed by atoms with Crippen LogP contribution in [0.5, 0.6) is 5.75 Å². The number of hydrogen-bond acceptors (Lipinski definition) is 4. The Morgan fingerprint density at radius 2 is 1.90 bits per heavy atom. The van der Waals surface area contributed by atoms with Crippen molar-refractivity contribution in [3.8, 4) is 5.75 Å². The summed E-state index contributed by atoms with van der Waals surface area (Å²) in [6.07, 6.45) is 1.03. The third kappa shape index (κ3) is 5.61. The second kappa shape index (κ2) is 9.37. The molecule has 4 nitrogen and oxygen atoms in total. The molecule has 0 amide bonds. The molecular weight excluding hydrogens is 254 g/mol. The number of ether oxygens (including phenoxy) is 2. The van der Waals surface area contributed by atoms with Crippen LogP contribution in [0.15, 0.2) is 24.3 Å². The van der Waals surface area contributed by atoms with Gasteiger partial charge in [0.1, 0.15) is 5.75 Å². The van der Waals surface area contributed by atoms with E-state index in [4.69, 9.17) is 9.47 Å². The fourth-order valence-corrected chi connectivity index (χ4v) is 1.84. The minimum Gasteiger partial charge on any atom is -0.479 e. The molecule has 0 saturated heterocycles. The van der Waals surface area contributed by atoms with Gasteiger partial charge in [0.15, 0.2) is 6.10 Å². The molecule has 0 spiro atoms. The van der Waals surface area contributed by atoms with Crippen LogP contribution >= 0.6 is 0 Å². The second-order valence-electron chi connectivity index (χ2n) is 4.57. The summed E-state index contributed by atoms with van der Waals surface area (Å²) in [6.45, 7) is 8.06. The Morgan fingerprint density at radius 1 is 1.20 bits per heavy atom. The highest BCUT2D eigenvalue weighted by Gasteiger charge is 2.20. The van der Waals surface area contributed by atoms with E-state index in [9.17, 15) is 4.79 Å². The smallest absolute Gasteiger partial charge is 0.347 e. The molecule has 0 aliphatic heterocycles. The molecule has 0 aliphatic rings. The van der Waals surface area contributed by atoms with E-state index >= 15 is 0 Å². The van der Waals surface area contributed by atoms with Gasteiger partial charge in [-0.3, -0.25) is 0 Å². The van der Waals surface area contributed by atoms with Crippen LogP contribution in [0.25, 0.3) is 0 Å². The highest BCUT2D eigenvalue weighted by molar-refractivity contribution is 5.75. The lowest BCUT2D eigenvalue weighted by Crippen LogP contribution is -2.29. The van der Waals surface area contributed by atoms with Crippen molar-refractivity contribution in [2.24, 2.45) is 0 Å². The summed E-state index contributed by atoms with van der Waals surface area (Å²) >= 11 is 0. The van der Waals surface area contributed by atoms with Crippen LogP contribution in [-0.2, 0) is 16.1 Å². The van der Waals surface area contributed by atoms with Crippen LogP contribution in [0, 0.1) is 0 Å². The van der Waals surface area contributed by atoms with Crippen molar-refractivity contribution in [1.29, 1.82) is 0 Å². The molecule has 112 valence electrons. The van der Waals surface area contributed by atoms with E-state index in [1.165, 1.54) is 5.56 Å². The number of nitrogens with one attached hydrogen (secondary N) is 1. The lowest BCUT2D eigenvalue weighted by atomic mass is 10.2. The quantitative estimate of drug-likeness (QED) is 0.706. The maximum Gasteiger partial charge on any atom is 0.347 e. The molecule has 0 fully saturated rings. The molecule has 1 N–H and O–H groups in total. The number of rotatable bonds is 9. The Bertz CT molecular complexity index is 389. The Kier molecular flexibility index (Phi) is 7.73. The van der Waals surface area contributed by atoms with Gasteiger partial charge in [0.2, 0.25) is 0 Å². The topological polar surface area (TPSA) is 47.6 Å². The van der Waals surface area contributed by atoms with E-state index in [2.05, 4.69) is 12.2 Å². The minimum absolute atomic E-state index is 0.286. The molecule has 1 rings (SSSR count). The number of carbonyl (C=O) groups is 1. The molecule has 0 radical (unpaired) electrons. The van der Waals surface area contributed by atoms with Crippen molar-refractivity contribution in [1.82, 2.24) is 5.32 Å². The Labute approximate surface area is 121 Å². The molecule has 1 aromatic rings. The summed E-state index contributed by atoms with van der Waals surface area (Å²) in [4.78, 5) is 11.8. The minimum atomic E-state index is -0.514. The van der Waals surface area contributed by atoms with E-state index in [0.29, 0.717) is 18.8 Å². The zero-order valence-corrected chi connectivity index (χ0v) is 12.6. The van der Waals surface area contributed by atoms with Crippen molar-refractivity contribution in [3.05, 3.63) is 29.8 Å². The van der Waals surface area contributed by atoms with Crippen LogP contribution in [0.2, 0.25) is 0 Å². The van der Waals surface area contributed by atoms with E-state index in [1.54, 1.807) is 6.92 Å². The van der Waals surface area contributed by atoms with E-state index in [-0.39, 0.29) is 5.97 Å². The van der Waals surface area contributed by atoms with Crippen molar-refractivity contribution in [2.45, 2.75) is 46.3 Å². The summed E-state index contributed by atoms with van der Waals surface area (Å²) < 4.78 is 10.8. The van der Waals surface area contributed by atoms with Gasteiger partial charge < -0.3 is 14.8 Å². The van der Waals surface area contributed by atoms with Gasteiger partial charge in [-0.15, -0.1) is 0 Å². The number of esters is 1. The average Bonchev–Trinajstić information content (AvgIpc) is 2.46. The average molecular weight is 279 g/mol. The zero-order chi connectivity index (χ0) is 14.8.